The Hall–Kier alpha value is -2.31. The highest BCUT2D eigenvalue weighted by atomic mass is 16.5. The Labute approximate surface area is 104 Å². The summed E-state index contributed by atoms with van der Waals surface area (Å²) in [5, 5.41) is 3.84. The van der Waals surface area contributed by atoms with Crippen LogP contribution in [0.2, 0.25) is 0 Å². The molecule has 2 N–H and O–H groups in total. The molecule has 96 valence electrons. The average molecular weight is 250 g/mol. The Morgan fingerprint density at radius 3 is 2.83 bits per heavy atom. The molecule has 2 aromatic heterocycles. The molecular formula is C11H14N4O3. The Morgan fingerprint density at radius 1 is 1.56 bits per heavy atom. The van der Waals surface area contributed by atoms with E-state index in [0.717, 1.165) is 0 Å². The highest BCUT2D eigenvalue weighted by Gasteiger charge is 2.21. The summed E-state index contributed by atoms with van der Waals surface area (Å²) in [5.74, 6) is 1.33. The van der Waals surface area contributed by atoms with Gasteiger partial charge in [0, 0.05) is 6.07 Å². The molecule has 0 aliphatic heterocycles. The van der Waals surface area contributed by atoms with Crippen molar-refractivity contribution >= 4 is 11.8 Å². The first kappa shape index (κ1) is 12.2. The second-order valence-electron chi connectivity index (χ2n) is 3.74. The molecule has 0 radical (unpaired) electrons. The van der Waals surface area contributed by atoms with Crippen LogP contribution in [0.4, 0.5) is 5.82 Å². The zero-order valence-electron chi connectivity index (χ0n) is 10.4. The lowest BCUT2D eigenvalue weighted by Crippen LogP contribution is -2.09. The van der Waals surface area contributed by atoms with Gasteiger partial charge in [0.05, 0.1) is 6.61 Å². The SMILES string of the molecule is CCOC(=O)c1nc(C)n(-c2cc(C)on2)c1N. The Bertz CT molecular complexity index is 585. The van der Waals surface area contributed by atoms with E-state index in [1.165, 1.54) is 0 Å². The zero-order chi connectivity index (χ0) is 13.3. The van der Waals surface area contributed by atoms with Gasteiger partial charge in [0.25, 0.3) is 0 Å². The Morgan fingerprint density at radius 2 is 2.28 bits per heavy atom. The molecule has 2 aromatic rings. The van der Waals surface area contributed by atoms with Crippen molar-refractivity contribution in [3.63, 3.8) is 0 Å². The molecule has 0 aliphatic rings. The van der Waals surface area contributed by atoms with Crippen molar-refractivity contribution in [2.75, 3.05) is 12.3 Å². The molecule has 0 spiro atoms. The maximum atomic E-state index is 11.6. The summed E-state index contributed by atoms with van der Waals surface area (Å²) in [4.78, 5) is 15.7. The lowest BCUT2D eigenvalue weighted by Gasteiger charge is -2.02. The number of rotatable bonds is 3. The number of aryl methyl sites for hydroxylation is 2. The first-order chi connectivity index (χ1) is 8.54. The number of nitrogens with two attached hydrogens (primary N) is 1. The molecule has 2 rings (SSSR count). The fraction of sp³-hybridized carbons (Fsp3) is 0.364. The minimum atomic E-state index is -0.544. The molecule has 2 heterocycles. The van der Waals surface area contributed by atoms with Crippen LogP contribution in [0, 0.1) is 13.8 Å². The van der Waals surface area contributed by atoms with Gasteiger partial charge in [-0.1, -0.05) is 5.16 Å². The van der Waals surface area contributed by atoms with Gasteiger partial charge in [-0.25, -0.2) is 9.78 Å². The molecule has 0 amide bonds. The van der Waals surface area contributed by atoms with Crippen LogP contribution in [0.1, 0.15) is 29.0 Å². The predicted octanol–water partition coefficient (Wildman–Crippen LogP) is 1.24. The smallest absolute Gasteiger partial charge is 0.360 e. The van der Waals surface area contributed by atoms with Crippen LogP contribution in [0.25, 0.3) is 5.82 Å². The first-order valence-electron chi connectivity index (χ1n) is 5.50. The largest absolute Gasteiger partial charge is 0.461 e. The van der Waals surface area contributed by atoms with Crippen molar-refractivity contribution in [2.45, 2.75) is 20.8 Å². The van der Waals surface area contributed by atoms with Crippen molar-refractivity contribution in [1.82, 2.24) is 14.7 Å². The number of carbonyl (C=O) groups excluding carboxylic acids is 1. The lowest BCUT2D eigenvalue weighted by atomic mass is 10.4. The Kier molecular flexibility index (Phi) is 3.05. The molecule has 0 atom stereocenters. The molecule has 0 saturated carbocycles. The first-order valence-corrected chi connectivity index (χ1v) is 5.50. The van der Waals surface area contributed by atoms with E-state index in [1.807, 2.05) is 0 Å². The number of hydrogen-bond acceptors (Lipinski definition) is 6. The van der Waals surface area contributed by atoms with Gasteiger partial charge in [-0.2, -0.15) is 0 Å². The van der Waals surface area contributed by atoms with Gasteiger partial charge in [0.1, 0.15) is 17.4 Å². The van der Waals surface area contributed by atoms with Gasteiger partial charge in [-0.15, -0.1) is 0 Å². The van der Waals surface area contributed by atoms with Crippen LogP contribution in [0.15, 0.2) is 10.6 Å². The monoisotopic (exact) mass is 250 g/mol. The molecule has 0 bridgehead atoms. The highest BCUT2D eigenvalue weighted by molar-refractivity contribution is 5.92. The maximum absolute atomic E-state index is 11.6. The molecule has 7 nitrogen and oxygen atoms in total. The van der Waals surface area contributed by atoms with E-state index >= 15 is 0 Å². The number of nitrogens with zero attached hydrogens (tertiary/aromatic N) is 3. The van der Waals surface area contributed by atoms with Crippen LogP contribution in [-0.2, 0) is 4.74 Å². The van der Waals surface area contributed by atoms with E-state index in [1.54, 1.807) is 31.4 Å². The molecule has 0 unspecified atom stereocenters. The summed E-state index contributed by atoms with van der Waals surface area (Å²) in [6.45, 7) is 5.49. The summed E-state index contributed by atoms with van der Waals surface area (Å²) in [7, 11) is 0. The molecule has 0 aromatic carbocycles. The molecular weight excluding hydrogens is 236 g/mol. The fourth-order valence-electron chi connectivity index (χ4n) is 1.65. The molecule has 7 heteroatoms. The van der Waals surface area contributed by atoms with Crippen LogP contribution in [0.3, 0.4) is 0 Å². The van der Waals surface area contributed by atoms with E-state index < -0.39 is 5.97 Å². The van der Waals surface area contributed by atoms with Crippen molar-refractivity contribution in [2.24, 2.45) is 0 Å². The van der Waals surface area contributed by atoms with E-state index in [9.17, 15) is 4.79 Å². The number of ether oxygens (including phenoxy) is 1. The second-order valence-corrected chi connectivity index (χ2v) is 3.74. The highest BCUT2D eigenvalue weighted by Crippen LogP contribution is 2.20. The number of carbonyl (C=O) groups is 1. The summed E-state index contributed by atoms with van der Waals surface area (Å²) < 4.78 is 11.4. The topological polar surface area (TPSA) is 96.2 Å². The minimum absolute atomic E-state index is 0.0926. The van der Waals surface area contributed by atoms with Crippen molar-refractivity contribution in [1.29, 1.82) is 0 Å². The van der Waals surface area contributed by atoms with Crippen LogP contribution >= 0.6 is 0 Å². The molecule has 0 saturated heterocycles. The quantitative estimate of drug-likeness (QED) is 0.823. The van der Waals surface area contributed by atoms with Gasteiger partial charge in [-0.05, 0) is 20.8 Å². The summed E-state index contributed by atoms with van der Waals surface area (Å²) in [6.07, 6.45) is 0. The standard InChI is InChI=1S/C11H14N4O3/c1-4-17-11(16)9-10(12)15(7(3)13-9)8-5-6(2)18-14-8/h5H,4,12H2,1-3H3. The Balaban J connectivity index is 2.47. The minimum Gasteiger partial charge on any atom is -0.461 e. The van der Waals surface area contributed by atoms with Gasteiger partial charge >= 0.3 is 5.97 Å². The number of aromatic nitrogens is 3. The normalized spacial score (nSPS) is 10.6. The number of anilines is 1. The third kappa shape index (κ3) is 1.94. The second kappa shape index (κ2) is 4.52. The third-order valence-corrected chi connectivity index (χ3v) is 2.39. The van der Waals surface area contributed by atoms with E-state index in [-0.39, 0.29) is 18.1 Å². The van der Waals surface area contributed by atoms with E-state index in [0.29, 0.717) is 17.4 Å². The predicted molar refractivity (Wildman–Crippen MR) is 63.5 cm³/mol. The number of imidazole rings is 1. The fourth-order valence-corrected chi connectivity index (χ4v) is 1.65. The van der Waals surface area contributed by atoms with Gasteiger partial charge in [0.15, 0.2) is 11.5 Å². The lowest BCUT2D eigenvalue weighted by molar-refractivity contribution is 0.0521. The van der Waals surface area contributed by atoms with Crippen LogP contribution in [0.5, 0.6) is 0 Å². The summed E-state index contributed by atoms with van der Waals surface area (Å²) >= 11 is 0. The van der Waals surface area contributed by atoms with Crippen molar-refractivity contribution in [3.8, 4) is 5.82 Å². The van der Waals surface area contributed by atoms with Crippen molar-refractivity contribution < 1.29 is 14.1 Å². The average Bonchev–Trinajstić information content (AvgIpc) is 2.83. The third-order valence-electron chi connectivity index (χ3n) is 2.39. The molecule has 0 fully saturated rings. The van der Waals surface area contributed by atoms with Gasteiger partial charge < -0.3 is 15.0 Å². The number of hydrogen-bond donors (Lipinski definition) is 1. The van der Waals surface area contributed by atoms with Crippen LogP contribution in [-0.4, -0.2) is 27.3 Å². The van der Waals surface area contributed by atoms with E-state index in [4.69, 9.17) is 15.0 Å². The summed E-state index contributed by atoms with van der Waals surface area (Å²) in [5.41, 5.74) is 5.99. The van der Waals surface area contributed by atoms with Crippen molar-refractivity contribution in [3.05, 3.63) is 23.3 Å². The van der Waals surface area contributed by atoms with Crippen LogP contribution < -0.4 is 5.73 Å². The number of nitrogen functional groups attached to an aromatic ring is 1. The molecule has 18 heavy (non-hydrogen) atoms. The summed E-state index contributed by atoms with van der Waals surface area (Å²) in [6, 6.07) is 1.71. The van der Waals surface area contributed by atoms with Gasteiger partial charge in [-0.3, -0.25) is 4.57 Å². The number of esters is 1. The van der Waals surface area contributed by atoms with Gasteiger partial charge in [0.2, 0.25) is 0 Å². The zero-order valence-corrected chi connectivity index (χ0v) is 10.4. The molecule has 0 aliphatic carbocycles. The maximum Gasteiger partial charge on any atom is 0.360 e. The van der Waals surface area contributed by atoms with E-state index in [2.05, 4.69) is 10.1 Å².